The zero-order chi connectivity index (χ0) is 14.3. The van der Waals surface area contributed by atoms with Crippen LogP contribution in [-0.2, 0) is 6.54 Å². The summed E-state index contributed by atoms with van der Waals surface area (Å²) in [7, 11) is 1.80. The molecule has 6 nitrogen and oxygen atoms in total. The van der Waals surface area contributed by atoms with Gasteiger partial charge >= 0.3 is 0 Å². The number of halogens is 1. The lowest BCUT2D eigenvalue weighted by molar-refractivity contribution is 0.286. The highest BCUT2D eigenvalue weighted by Gasteiger charge is 2.03. The van der Waals surface area contributed by atoms with Gasteiger partial charge in [-0.05, 0) is 13.8 Å². The number of nitrogen functional groups attached to an aromatic ring is 1. The molecule has 0 radical (unpaired) electrons. The van der Waals surface area contributed by atoms with Gasteiger partial charge in [0.15, 0.2) is 5.95 Å². The zero-order valence-electron chi connectivity index (χ0n) is 11.6. The second-order valence-corrected chi connectivity index (χ2v) is 4.31. The maximum absolute atomic E-state index is 12.6. The number of imidazole rings is 1. The number of hydrogen-bond donors (Lipinski definition) is 1. The molecule has 0 aromatic carbocycles. The monoisotopic (exact) mass is 268 g/mol. The number of nitrogens with two attached hydrogens (primary N) is 1. The molecule has 2 N–H and O–H groups in total. The average Bonchev–Trinajstić information content (AvgIpc) is 2.77. The second-order valence-electron chi connectivity index (χ2n) is 4.31. The van der Waals surface area contributed by atoms with Crippen LogP contribution in [0.5, 0.6) is 0 Å². The first-order chi connectivity index (χ1) is 9.00. The van der Waals surface area contributed by atoms with E-state index in [1.54, 1.807) is 35.1 Å². The molecule has 0 saturated heterocycles. The lowest BCUT2D eigenvalue weighted by Crippen LogP contribution is -2.21. The molecule has 0 saturated carbocycles. The van der Waals surface area contributed by atoms with Gasteiger partial charge in [0.1, 0.15) is 6.17 Å². The molecular weight excluding hydrogens is 247 g/mol. The van der Waals surface area contributed by atoms with Gasteiger partial charge in [-0.1, -0.05) is 17.4 Å². The maximum atomic E-state index is 12.6. The number of likely N-dealkylation sites (N-methyl/N-ethyl adjacent to an activating group) is 1. The van der Waals surface area contributed by atoms with Gasteiger partial charge in [0.2, 0.25) is 0 Å². The highest BCUT2D eigenvalue weighted by atomic mass is 19.1. The average molecular weight is 268 g/mol. The summed E-state index contributed by atoms with van der Waals surface area (Å²) in [6, 6.07) is 0.000245. The maximum Gasteiger partial charge on any atom is 0.200 e. The predicted octanol–water partition coefficient (Wildman–Crippen LogP) is 2.07. The minimum atomic E-state index is -0.947. The number of anilines is 1. The van der Waals surface area contributed by atoms with E-state index in [2.05, 4.69) is 15.3 Å². The van der Waals surface area contributed by atoms with Gasteiger partial charge in [-0.25, -0.2) is 9.37 Å². The first-order valence-corrected chi connectivity index (χ1v) is 6.20. The molecule has 1 aromatic rings. The van der Waals surface area contributed by atoms with E-state index in [1.807, 2.05) is 6.92 Å². The summed E-state index contributed by atoms with van der Waals surface area (Å²) in [5, 5.41) is 9.77. The van der Waals surface area contributed by atoms with Crippen molar-refractivity contribution in [1.82, 2.24) is 14.6 Å². The highest BCUT2D eigenvalue weighted by molar-refractivity contribution is 5.16. The number of alkyl halides is 1. The fourth-order valence-electron chi connectivity index (χ4n) is 1.35. The first-order valence-electron chi connectivity index (χ1n) is 6.20. The fraction of sp³-hybridized carbons (Fsp3) is 0.583. The second kappa shape index (κ2) is 7.50. The Balaban J connectivity index is 2.34. The van der Waals surface area contributed by atoms with E-state index in [0.29, 0.717) is 19.0 Å². The van der Waals surface area contributed by atoms with Crippen molar-refractivity contribution >= 4 is 5.95 Å². The van der Waals surface area contributed by atoms with Crippen molar-refractivity contribution in [2.24, 2.45) is 10.3 Å². The van der Waals surface area contributed by atoms with Crippen LogP contribution in [0.15, 0.2) is 34.9 Å². The molecule has 7 heteroatoms. The molecule has 1 heterocycles. The Morgan fingerprint density at radius 1 is 1.53 bits per heavy atom. The lowest BCUT2D eigenvalue weighted by Gasteiger charge is -2.16. The van der Waals surface area contributed by atoms with E-state index in [4.69, 9.17) is 5.73 Å². The SMILES string of the molecule is CC(F)/C=C\C(C)N(C)N=NCCn1ccnc1N. The summed E-state index contributed by atoms with van der Waals surface area (Å²) < 4.78 is 14.4. The van der Waals surface area contributed by atoms with Gasteiger partial charge in [-0.2, -0.15) is 5.11 Å². The third-order valence-corrected chi connectivity index (χ3v) is 2.64. The molecule has 106 valence electrons. The summed E-state index contributed by atoms with van der Waals surface area (Å²) in [6.45, 7) is 4.56. The van der Waals surface area contributed by atoms with Crippen molar-refractivity contribution in [3.63, 3.8) is 0 Å². The summed E-state index contributed by atoms with van der Waals surface area (Å²) in [4.78, 5) is 3.91. The van der Waals surface area contributed by atoms with Crippen LogP contribution in [0.4, 0.5) is 10.3 Å². The van der Waals surface area contributed by atoms with Crippen molar-refractivity contribution in [3.8, 4) is 0 Å². The van der Waals surface area contributed by atoms with Crippen LogP contribution in [0.2, 0.25) is 0 Å². The van der Waals surface area contributed by atoms with E-state index in [0.717, 1.165) is 0 Å². The minimum absolute atomic E-state index is 0.000245. The van der Waals surface area contributed by atoms with Crippen LogP contribution < -0.4 is 5.73 Å². The van der Waals surface area contributed by atoms with Gasteiger partial charge in [-0.3, -0.25) is 5.01 Å². The van der Waals surface area contributed by atoms with E-state index in [-0.39, 0.29) is 6.04 Å². The molecule has 0 aliphatic heterocycles. The van der Waals surface area contributed by atoms with E-state index in [1.165, 1.54) is 13.0 Å². The standard InChI is InChI=1S/C12H21FN6/c1-10(13)4-5-11(2)18(3)17-16-7-9-19-8-6-15-12(19)14/h4-6,8,10-11H,7,9H2,1-3H3,(H2,14,15)/b5-4-,17-16?. The van der Waals surface area contributed by atoms with E-state index < -0.39 is 6.17 Å². The normalized spacial score (nSPS) is 15.2. The van der Waals surface area contributed by atoms with E-state index >= 15 is 0 Å². The molecule has 19 heavy (non-hydrogen) atoms. The predicted molar refractivity (Wildman–Crippen MR) is 73.3 cm³/mol. The molecule has 1 rings (SSSR count). The molecule has 2 unspecified atom stereocenters. The molecule has 0 bridgehead atoms. The van der Waals surface area contributed by atoms with Crippen molar-refractivity contribution in [1.29, 1.82) is 0 Å². The molecule has 0 aliphatic rings. The van der Waals surface area contributed by atoms with Crippen molar-refractivity contribution < 1.29 is 4.39 Å². The molecule has 0 fully saturated rings. The summed E-state index contributed by atoms with van der Waals surface area (Å²) in [5.74, 6) is 0.469. The number of allylic oxidation sites excluding steroid dienone is 1. The van der Waals surface area contributed by atoms with Crippen LogP contribution in [0, 0.1) is 0 Å². The van der Waals surface area contributed by atoms with E-state index in [9.17, 15) is 4.39 Å². The van der Waals surface area contributed by atoms with Crippen molar-refractivity contribution in [2.45, 2.75) is 32.6 Å². The van der Waals surface area contributed by atoms with Crippen molar-refractivity contribution in [2.75, 3.05) is 19.3 Å². The van der Waals surface area contributed by atoms with Crippen LogP contribution in [0.1, 0.15) is 13.8 Å². The third kappa shape index (κ3) is 5.50. The molecule has 1 aromatic heterocycles. The molecule has 0 aliphatic carbocycles. The Bertz CT molecular complexity index is 426. The van der Waals surface area contributed by atoms with Gasteiger partial charge < -0.3 is 10.3 Å². The smallest absolute Gasteiger partial charge is 0.200 e. The zero-order valence-corrected chi connectivity index (χ0v) is 11.6. The summed E-state index contributed by atoms with van der Waals surface area (Å²) in [5.41, 5.74) is 5.62. The number of hydrogen-bond acceptors (Lipinski definition) is 4. The highest BCUT2D eigenvalue weighted by Crippen LogP contribution is 2.02. The quantitative estimate of drug-likeness (QED) is 0.467. The molecular formula is C12H21FN6. The molecule has 0 spiro atoms. The Morgan fingerprint density at radius 3 is 2.84 bits per heavy atom. The Kier molecular flexibility index (Phi) is 5.98. The number of nitrogens with zero attached hydrogens (tertiary/aromatic N) is 5. The third-order valence-electron chi connectivity index (χ3n) is 2.64. The van der Waals surface area contributed by atoms with Crippen LogP contribution in [0.25, 0.3) is 0 Å². The number of rotatable bonds is 7. The van der Waals surface area contributed by atoms with Crippen molar-refractivity contribution in [3.05, 3.63) is 24.5 Å². The topological polar surface area (TPSA) is 71.8 Å². The Morgan fingerprint density at radius 2 is 2.26 bits per heavy atom. The molecule has 0 amide bonds. The fourth-order valence-corrected chi connectivity index (χ4v) is 1.35. The summed E-state index contributed by atoms with van der Waals surface area (Å²) in [6.07, 6.45) is 5.75. The molecule has 2 atom stereocenters. The Hall–Kier alpha value is -1.92. The van der Waals surface area contributed by atoms with Gasteiger partial charge in [0, 0.05) is 26.0 Å². The van der Waals surface area contributed by atoms with Gasteiger partial charge in [0.25, 0.3) is 0 Å². The van der Waals surface area contributed by atoms with Crippen LogP contribution in [0.3, 0.4) is 0 Å². The Labute approximate surface area is 112 Å². The van der Waals surface area contributed by atoms with Gasteiger partial charge in [0.05, 0.1) is 12.6 Å². The summed E-state index contributed by atoms with van der Waals surface area (Å²) >= 11 is 0. The van der Waals surface area contributed by atoms with Gasteiger partial charge in [-0.15, -0.1) is 0 Å². The first kappa shape index (κ1) is 15.1. The van der Waals surface area contributed by atoms with Crippen LogP contribution >= 0.6 is 0 Å². The number of aromatic nitrogens is 2. The lowest BCUT2D eigenvalue weighted by atomic mass is 10.2. The minimum Gasteiger partial charge on any atom is -0.369 e. The van der Waals surface area contributed by atoms with Crippen LogP contribution in [-0.4, -0.2) is 40.4 Å². The largest absolute Gasteiger partial charge is 0.369 e.